The minimum Gasteiger partial charge on any atom is -0.497 e. The zero-order chi connectivity index (χ0) is 16.1. The van der Waals surface area contributed by atoms with Crippen LogP contribution < -0.4 is 9.47 Å². The Bertz CT molecular complexity index is 612. The molecule has 0 bridgehead atoms. The molecule has 2 unspecified atom stereocenters. The average molecular weight is 429 g/mol. The fourth-order valence-electron chi connectivity index (χ4n) is 1.98. The van der Waals surface area contributed by atoms with Crippen LogP contribution in [0.1, 0.15) is 5.56 Å². The Morgan fingerprint density at radius 1 is 1.05 bits per heavy atom. The molecule has 22 heavy (non-hydrogen) atoms. The van der Waals surface area contributed by atoms with Crippen molar-refractivity contribution >= 4 is 31.9 Å². The molecule has 0 aliphatic carbocycles. The van der Waals surface area contributed by atoms with E-state index in [2.05, 4.69) is 38.8 Å². The number of rotatable bonds is 6. The molecule has 0 fully saturated rings. The molecule has 2 atom stereocenters. The van der Waals surface area contributed by atoms with Gasteiger partial charge in [0.05, 0.1) is 13.2 Å². The lowest BCUT2D eigenvalue weighted by Gasteiger charge is -2.22. The molecule has 0 aromatic heterocycles. The van der Waals surface area contributed by atoms with Crippen LogP contribution in [-0.2, 0) is 6.42 Å². The SMILES string of the molecule is [CH2]C(O)C(Cc1ccc(Br)c(Br)c1)Oc1ccc(OC)cc1. The number of hydrogen-bond donors (Lipinski definition) is 1. The number of halogens is 2. The Labute approximate surface area is 147 Å². The first-order valence-corrected chi connectivity index (χ1v) is 8.34. The summed E-state index contributed by atoms with van der Waals surface area (Å²) < 4.78 is 12.9. The average Bonchev–Trinajstić information content (AvgIpc) is 2.51. The molecule has 0 heterocycles. The summed E-state index contributed by atoms with van der Waals surface area (Å²) in [5.74, 6) is 1.43. The van der Waals surface area contributed by atoms with E-state index in [0.29, 0.717) is 12.2 Å². The Hall–Kier alpha value is -1.04. The van der Waals surface area contributed by atoms with Gasteiger partial charge in [0.15, 0.2) is 0 Å². The molecule has 3 nitrogen and oxygen atoms in total. The lowest BCUT2D eigenvalue weighted by atomic mass is 10.0. The molecule has 1 radical (unpaired) electrons. The van der Waals surface area contributed by atoms with Crippen molar-refractivity contribution in [1.82, 2.24) is 0 Å². The second-order valence-electron chi connectivity index (χ2n) is 4.85. The molecule has 2 aromatic rings. The van der Waals surface area contributed by atoms with Crippen LogP contribution in [0.15, 0.2) is 51.4 Å². The maximum absolute atomic E-state index is 9.88. The van der Waals surface area contributed by atoms with Gasteiger partial charge in [-0.1, -0.05) is 6.07 Å². The minimum atomic E-state index is -0.829. The fraction of sp³-hybridized carbons (Fsp3) is 0.235. The van der Waals surface area contributed by atoms with Gasteiger partial charge in [-0.25, -0.2) is 0 Å². The lowest BCUT2D eigenvalue weighted by Crippen LogP contribution is -2.31. The summed E-state index contributed by atoms with van der Waals surface area (Å²) >= 11 is 6.92. The fourth-order valence-corrected chi connectivity index (χ4v) is 2.66. The van der Waals surface area contributed by atoms with E-state index in [1.54, 1.807) is 7.11 Å². The quantitative estimate of drug-likeness (QED) is 0.740. The monoisotopic (exact) mass is 427 g/mol. The molecule has 5 heteroatoms. The van der Waals surface area contributed by atoms with Crippen molar-refractivity contribution in [1.29, 1.82) is 0 Å². The molecular formula is C17H17Br2O3. The second-order valence-corrected chi connectivity index (χ2v) is 6.56. The molecule has 2 aromatic carbocycles. The van der Waals surface area contributed by atoms with Crippen molar-refractivity contribution in [2.45, 2.75) is 18.6 Å². The van der Waals surface area contributed by atoms with E-state index in [9.17, 15) is 5.11 Å². The Kier molecular flexibility index (Phi) is 6.29. The number of methoxy groups -OCH3 is 1. The van der Waals surface area contributed by atoms with Gasteiger partial charge in [-0.2, -0.15) is 0 Å². The van der Waals surface area contributed by atoms with E-state index in [1.165, 1.54) is 0 Å². The van der Waals surface area contributed by atoms with E-state index in [1.807, 2.05) is 42.5 Å². The van der Waals surface area contributed by atoms with Crippen LogP contribution in [0.5, 0.6) is 11.5 Å². The van der Waals surface area contributed by atoms with Gasteiger partial charge in [-0.15, -0.1) is 0 Å². The van der Waals surface area contributed by atoms with Gasteiger partial charge in [0.2, 0.25) is 0 Å². The highest BCUT2D eigenvalue weighted by atomic mass is 79.9. The number of benzene rings is 2. The molecule has 0 saturated carbocycles. The van der Waals surface area contributed by atoms with Gasteiger partial charge in [0.25, 0.3) is 0 Å². The topological polar surface area (TPSA) is 38.7 Å². The van der Waals surface area contributed by atoms with Gasteiger partial charge < -0.3 is 14.6 Å². The number of aliphatic hydroxyl groups is 1. The summed E-state index contributed by atoms with van der Waals surface area (Å²) in [5, 5.41) is 9.88. The van der Waals surface area contributed by atoms with E-state index in [-0.39, 0.29) is 0 Å². The van der Waals surface area contributed by atoms with Crippen molar-refractivity contribution in [3.63, 3.8) is 0 Å². The van der Waals surface area contributed by atoms with Crippen LogP contribution in [-0.4, -0.2) is 24.4 Å². The third-order valence-electron chi connectivity index (χ3n) is 3.20. The van der Waals surface area contributed by atoms with Crippen LogP contribution in [0.25, 0.3) is 0 Å². The predicted octanol–water partition coefficient (Wildman–Crippen LogP) is 4.41. The molecular weight excluding hydrogens is 412 g/mol. The Morgan fingerprint density at radius 3 is 2.23 bits per heavy atom. The highest BCUT2D eigenvalue weighted by molar-refractivity contribution is 9.13. The van der Waals surface area contributed by atoms with E-state index in [4.69, 9.17) is 9.47 Å². The smallest absolute Gasteiger partial charge is 0.128 e. The van der Waals surface area contributed by atoms with E-state index in [0.717, 1.165) is 20.3 Å². The largest absolute Gasteiger partial charge is 0.497 e. The van der Waals surface area contributed by atoms with Gasteiger partial charge in [-0.3, -0.25) is 0 Å². The van der Waals surface area contributed by atoms with Gasteiger partial charge in [0.1, 0.15) is 17.6 Å². The third kappa shape index (κ3) is 4.73. The highest BCUT2D eigenvalue weighted by Gasteiger charge is 2.18. The van der Waals surface area contributed by atoms with Crippen molar-refractivity contribution < 1.29 is 14.6 Å². The molecule has 2 rings (SSSR count). The number of hydrogen-bond acceptors (Lipinski definition) is 3. The highest BCUT2D eigenvalue weighted by Crippen LogP contribution is 2.26. The summed E-state index contributed by atoms with van der Waals surface area (Å²) in [6.45, 7) is 3.69. The molecule has 117 valence electrons. The van der Waals surface area contributed by atoms with Gasteiger partial charge in [0, 0.05) is 15.4 Å². The summed E-state index contributed by atoms with van der Waals surface area (Å²) in [7, 11) is 1.61. The zero-order valence-electron chi connectivity index (χ0n) is 12.1. The maximum atomic E-state index is 9.88. The van der Waals surface area contributed by atoms with Crippen molar-refractivity contribution in [3.8, 4) is 11.5 Å². The van der Waals surface area contributed by atoms with Crippen LogP contribution in [0, 0.1) is 6.92 Å². The van der Waals surface area contributed by atoms with Crippen molar-refractivity contribution in [2.24, 2.45) is 0 Å². The minimum absolute atomic E-state index is 0.429. The Balaban J connectivity index is 2.10. The normalized spacial score (nSPS) is 13.5. The Morgan fingerprint density at radius 2 is 1.68 bits per heavy atom. The molecule has 0 saturated heterocycles. The van der Waals surface area contributed by atoms with E-state index >= 15 is 0 Å². The van der Waals surface area contributed by atoms with Crippen molar-refractivity contribution in [3.05, 3.63) is 63.9 Å². The maximum Gasteiger partial charge on any atom is 0.128 e. The van der Waals surface area contributed by atoms with Crippen LogP contribution in [0.4, 0.5) is 0 Å². The lowest BCUT2D eigenvalue weighted by molar-refractivity contribution is 0.0654. The first-order valence-electron chi connectivity index (χ1n) is 6.75. The zero-order valence-corrected chi connectivity index (χ0v) is 15.3. The summed E-state index contributed by atoms with van der Waals surface area (Å²) in [6, 6.07) is 13.2. The number of ether oxygens (including phenoxy) is 2. The molecule has 0 aliphatic heterocycles. The number of aliphatic hydroxyl groups excluding tert-OH is 1. The third-order valence-corrected chi connectivity index (χ3v) is 5.08. The van der Waals surface area contributed by atoms with Crippen LogP contribution in [0.2, 0.25) is 0 Å². The van der Waals surface area contributed by atoms with Crippen LogP contribution >= 0.6 is 31.9 Å². The van der Waals surface area contributed by atoms with Gasteiger partial charge >= 0.3 is 0 Å². The molecule has 0 spiro atoms. The summed E-state index contributed by atoms with van der Waals surface area (Å²) in [6.07, 6.45) is -0.700. The van der Waals surface area contributed by atoms with Crippen molar-refractivity contribution in [2.75, 3.05) is 7.11 Å². The predicted molar refractivity (Wildman–Crippen MR) is 94.3 cm³/mol. The molecule has 0 amide bonds. The molecule has 1 N–H and O–H groups in total. The van der Waals surface area contributed by atoms with Gasteiger partial charge in [-0.05, 0) is 80.7 Å². The standard InChI is InChI=1S/C17H17Br2O3/c1-11(20)17(10-12-3-8-15(18)16(19)9-12)22-14-6-4-13(21-2)5-7-14/h3-9,11,17,20H,1,10H2,2H3. The van der Waals surface area contributed by atoms with Crippen LogP contribution in [0.3, 0.4) is 0 Å². The summed E-state index contributed by atoms with van der Waals surface area (Å²) in [4.78, 5) is 0. The van der Waals surface area contributed by atoms with E-state index < -0.39 is 12.2 Å². The summed E-state index contributed by atoms with van der Waals surface area (Å²) in [5.41, 5.74) is 1.05. The molecule has 0 aliphatic rings. The first-order chi connectivity index (χ1) is 10.5. The second kappa shape index (κ2) is 7.99. The first kappa shape index (κ1) is 17.3.